The summed E-state index contributed by atoms with van der Waals surface area (Å²) in [4.78, 5) is 0. The van der Waals surface area contributed by atoms with Gasteiger partial charge in [-0.1, -0.05) is 17.7 Å². The Bertz CT molecular complexity index is 594. The lowest BCUT2D eigenvalue weighted by Gasteiger charge is -2.10. The molecule has 6 heteroatoms. The summed E-state index contributed by atoms with van der Waals surface area (Å²) >= 11 is 11.3. The minimum atomic E-state index is 0.547. The lowest BCUT2D eigenvalue weighted by molar-refractivity contribution is 0.731. The summed E-state index contributed by atoms with van der Waals surface area (Å²) in [5.41, 5.74) is 2.85. The summed E-state index contributed by atoms with van der Waals surface area (Å²) in [6.45, 7) is 2.55. The van der Waals surface area contributed by atoms with Crippen LogP contribution in [0.25, 0.3) is 0 Å². The molecule has 100 valence electrons. The van der Waals surface area contributed by atoms with Crippen molar-refractivity contribution in [2.24, 2.45) is 7.05 Å². The second-order valence-corrected chi connectivity index (χ2v) is 5.07. The molecule has 0 atom stereocenters. The third-order valence-corrected chi connectivity index (χ3v) is 3.28. The first-order valence-corrected chi connectivity index (χ1v) is 6.63. The van der Waals surface area contributed by atoms with Crippen molar-refractivity contribution in [3.05, 3.63) is 46.7 Å². The van der Waals surface area contributed by atoms with E-state index in [4.69, 9.17) is 23.8 Å². The van der Waals surface area contributed by atoms with Gasteiger partial charge in [-0.25, -0.2) is 0 Å². The zero-order chi connectivity index (χ0) is 13.8. The van der Waals surface area contributed by atoms with E-state index in [-0.39, 0.29) is 0 Å². The molecule has 0 bridgehead atoms. The summed E-state index contributed by atoms with van der Waals surface area (Å²) < 4.78 is 1.76. The van der Waals surface area contributed by atoms with Gasteiger partial charge in [-0.15, -0.1) is 0 Å². The van der Waals surface area contributed by atoms with Crippen molar-refractivity contribution < 1.29 is 0 Å². The molecular formula is C13H15ClN4S. The van der Waals surface area contributed by atoms with Gasteiger partial charge < -0.3 is 10.6 Å². The molecule has 1 aromatic carbocycles. The zero-order valence-electron chi connectivity index (χ0n) is 10.8. The van der Waals surface area contributed by atoms with Crippen LogP contribution in [0.2, 0.25) is 5.02 Å². The third kappa shape index (κ3) is 3.94. The summed E-state index contributed by atoms with van der Waals surface area (Å²) in [5.74, 6) is 0. The van der Waals surface area contributed by atoms with E-state index in [1.807, 2.05) is 44.4 Å². The Kier molecular flexibility index (Phi) is 4.39. The predicted molar refractivity (Wildman–Crippen MR) is 82.5 cm³/mol. The van der Waals surface area contributed by atoms with Gasteiger partial charge in [-0.3, -0.25) is 4.68 Å². The summed E-state index contributed by atoms with van der Waals surface area (Å²) in [6, 6.07) is 7.69. The summed E-state index contributed by atoms with van der Waals surface area (Å²) in [5, 5.41) is 11.7. The lowest BCUT2D eigenvalue weighted by Crippen LogP contribution is -2.28. The van der Waals surface area contributed by atoms with Crippen molar-refractivity contribution in [3.63, 3.8) is 0 Å². The van der Waals surface area contributed by atoms with E-state index in [1.165, 1.54) is 0 Å². The zero-order valence-corrected chi connectivity index (χ0v) is 12.3. The molecule has 2 N–H and O–H groups in total. The number of anilines is 1. The van der Waals surface area contributed by atoms with Crippen molar-refractivity contribution in [2.75, 3.05) is 5.32 Å². The average molecular weight is 295 g/mol. The predicted octanol–water partition coefficient (Wildman–Crippen LogP) is 2.87. The monoisotopic (exact) mass is 294 g/mol. The van der Waals surface area contributed by atoms with Crippen LogP contribution >= 0.6 is 23.8 Å². The maximum absolute atomic E-state index is 6.06. The van der Waals surface area contributed by atoms with Gasteiger partial charge in [0.15, 0.2) is 5.11 Å². The maximum atomic E-state index is 6.06. The maximum Gasteiger partial charge on any atom is 0.171 e. The Morgan fingerprint density at radius 1 is 1.42 bits per heavy atom. The first-order chi connectivity index (χ1) is 9.04. The Hall–Kier alpha value is -1.59. The van der Waals surface area contributed by atoms with Crippen molar-refractivity contribution in [3.8, 4) is 0 Å². The number of halogens is 1. The molecule has 0 saturated heterocycles. The van der Waals surface area contributed by atoms with Crippen molar-refractivity contribution >= 4 is 34.6 Å². The van der Waals surface area contributed by atoms with Crippen LogP contribution in [-0.4, -0.2) is 14.9 Å². The fraction of sp³-hybridized carbons (Fsp3) is 0.231. The highest BCUT2D eigenvalue weighted by atomic mass is 35.5. The number of thiocarbonyl (C=S) groups is 1. The van der Waals surface area contributed by atoms with E-state index in [0.29, 0.717) is 11.7 Å². The van der Waals surface area contributed by atoms with Crippen LogP contribution in [0.4, 0.5) is 5.69 Å². The molecule has 0 spiro atoms. The first kappa shape index (κ1) is 13.8. The van der Waals surface area contributed by atoms with E-state index in [0.717, 1.165) is 22.0 Å². The van der Waals surface area contributed by atoms with Crippen LogP contribution < -0.4 is 10.6 Å². The number of aryl methyl sites for hydroxylation is 2. The highest BCUT2D eigenvalue weighted by Crippen LogP contribution is 2.19. The molecule has 0 aliphatic heterocycles. The molecule has 4 nitrogen and oxygen atoms in total. The Morgan fingerprint density at radius 3 is 2.84 bits per heavy atom. The molecule has 0 saturated carbocycles. The van der Waals surface area contributed by atoms with E-state index in [2.05, 4.69) is 15.7 Å². The normalized spacial score (nSPS) is 10.3. The van der Waals surface area contributed by atoms with Crippen LogP contribution in [0.5, 0.6) is 0 Å². The fourth-order valence-corrected chi connectivity index (χ4v) is 1.94. The van der Waals surface area contributed by atoms with Crippen molar-refractivity contribution in [2.45, 2.75) is 13.5 Å². The number of hydrogen-bond acceptors (Lipinski definition) is 2. The molecule has 0 radical (unpaired) electrons. The Balaban J connectivity index is 1.88. The summed E-state index contributed by atoms with van der Waals surface area (Å²) in [7, 11) is 1.88. The number of aromatic nitrogens is 2. The highest BCUT2D eigenvalue weighted by Gasteiger charge is 2.02. The number of benzene rings is 1. The van der Waals surface area contributed by atoms with Crippen LogP contribution in [0.15, 0.2) is 30.5 Å². The summed E-state index contributed by atoms with van der Waals surface area (Å²) in [6.07, 6.45) is 1.90. The second-order valence-electron chi connectivity index (χ2n) is 4.25. The van der Waals surface area contributed by atoms with Crippen molar-refractivity contribution in [1.29, 1.82) is 0 Å². The number of rotatable bonds is 3. The Morgan fingerprint density at radius 2 is 2.21 bits per heavy atom. The topological polar surface area (TPSA) is 41.9 Å². The molecular weight excluding hydrogens is 280 g/mol. The highest BCUT2D eigenvalue weighted by molar-refractivity contribution is 7.80. The number of hydrogen-bond donors (Lipinski definition) is 2. The van der Waals surface area contributed by atoms with E-state index in [9.17, 15) is 0 Å². The van der Waals surface area contributed by atoms with E-state index in [1.54, 1.807) is 4.68 Å². The molecule has 1 heterocycles. The van der Waals surface area contributed by atoms with Gasteiger partial charge in [0.1, 0.15) is 0 Å². The molecule has 19 heavy (non-hydrogen) atoms. The second kappa shape index (κ2) is 6.04. The first-order valence-electron chi connectivity index (χ1n) is 5.84. The fourth-order valence-electron chi connectivity index (χ4n) is 1.57. The quantitative estimate of drug-likeness (QED) is 0.854. The van der Waals surface area contributed by atoms with Gasteiger partial charge in [0.2, 0.25) is 0 Å². The largest absolute Gasteiger partial charge is 0.357 e. The molecule has 1 aromatic heterocycles. The molecule has 0 aliphatic carbocycles. The van der Waals surface area contributed by atoms with Gasteiger partial charge in [-0.05, 0) is 42.9 Å². The van der Waals surface area contributed by atoms with Crippen molar-refractivity contribution in [1.82, 2.24) is 15.1 Å². The SMILES string of the molecule is Cc1ccc(NC(=S)NCc2ccn(C)n2)cc1Cl. The van der Waals surface area contributed by atoms with E-state index >= 15 is 0 Å². The molecule has 2 rings (SSSR count). The minimum absolute atomic E-state index is 0.547. The minimum Gasteiger partial charge on any atom is -0.357 e. The van der Waals surface area contributed by atoms with Gasteiger partial charge in [0.05, 0.1) is 12.2 Å². The van der Waals surface area contributed by atoms with Gasteiger partial charge in [0.25, 0.3) is 0 Å². The molecule has 2 aromatic rings. The molecule has 0 fully saturated rings. The number of nitrogens with one attached hydrogen (secondary N) is 2. The lowest BCUT2D eigenvalue weighted by atomic mass is 10.2. The van der Waals surface area contributed by atoms with Gasteiger partial charge >= 0.3 is 0 Å². The van der Waals surface area contributed by atoms with Gasteiger partial charge in [0, 0.05) is 24.0 Å². The number of nitrogens with zero attached hydrogens (tertiary/aromatic N) is 2. The molecule has 0 amide bonds. The average Bonchev–Trinajstić information content (AvgIpc) is 2.77. The standard InChI is InChI=1S/C13H15ClN4S/c1-9-3-4-10(7-12(9)14)16-13(19)15-8-11-5-6-18(2)17-11/h3-7H,8H2,1-2H3,(H2,15,16,19). The van der Waals surface area contributed by atoms with Crippen LogP contribution in [0, 0.1) is 6.92 Å². The van der Waals surface area contributed by atoms with Gasteiger partial charge in [-0.2, -0.15) is 5.10 Å². The molecule has 0 unspecified atom stereocenters. The molecule has 0 aliphatic rings. The van der Waals surface area contributed by atoms with E-state index < -0.39 is 0 Å². The van der Waals surface area contributed by atoms with Crippen LogP contribution in [-0.2, 0) is 13.6 Å². The Labute approximate surface area is 122 Å². The smallest absolute Gasteiger partial charge is 0.171 e. The van der Waals surface area contributed by atoms with Crippen LogP contribution in [0.1, 0.15) is 11.3 Å². The van der Waals surface area contributed by atoms with Crippen LogP contribution in [0.3, 0.4) is 0 Å². The third-order valence-electron chi connectivity index (χ3n) is 2.63.